The number of nitrogens with zero attached hydrogens (tertiary/aromatic N) is 2. The van der Waals surface area contributed by atoms with Gasteiger partial charge in [0.15, 0.2) is 0 Å². The number of hydrogen-bond acceptors (Lipinski definition) is 6. The topological polar surface area (TPSA) is 91.6 Å². The minimum atomic E-state index is -5.26. The molecule has 0 saturated carbocycles. The molecule has 11 heteroatoms. The maximum Gasteiger partial charge on any atom is 0.575 e. The second-order valence-electron chi connectivity index (χ2n) is 3.54. The molecule has 0 aliphatic carbocycles. The molecule has 116 valence electrons. The van der Waals surface area contributed by atoms with Gasteiger partial charge >= 0.3 is 24.0 Å². The summed E-state index contributed by atoms with van der Waals surface area (Å²) in [5, 5.41) is 10.7. The van der Waals surface area contributed by atoms with Crippen molar-refractivity contribution in [2.75, 3.05) is 6.61 Å². The highest BCUT2D eigenvalue weighted by molar-refractivity contribution is 5.73. The molecule has 0 radical (unpaired) electrons. The van der Waals surface area contributed by atoms with E-state index in [0.717, 1.165) is 0 Å². The van der Waals surface area contributed by atoms with Crippen molar-refractivity contribution >= 4 is 11.8 Å². The smallest absolute Gasteiger partial charge is 0.466 e. The fourth-order valence-corrected chi connectivity index (χ4v) is 1.34. The molecule has 0 spiro atoms. The summed E-state index contributed by atoms with van der Waals surface area (Å²) in [6, 6.07) is 0.378. The Bertz CT molecular complexity index is 561. The highest BCUT2D eigenvalue weighted by Gasteiger charge is 2.37. The van der Waals surface area contributed by atoms with Crippen molar-refractivity contribution in [3.8, 4) is 5.88 Å². The monoisotopic (exact) mass is 312 g/mol. The number of hydrogen-bond donors (Lipinski definition) is 0. The van der Waals surface area contributed by atoms with Gasteiger partial charge in [0.25, 0.3) is 0 Å². The summed E-state index contributed by atoms with van der Waals surface area (Å²) in [5.74, 6) is -5.21. The molecule has 0 bridgehead atoms. The van der Waals surface area contributed by atoms with Crippen LogP contribution in [0.4, 0.5) is 23.4 Å². The Morgan fingerprint density at radius 3 is 2.57 bits per heavy atom. The average molecular weight is 312 g/mol. The van der Waals surface area contributed by atoms with Crippen LogP contribution in [0, 0.1) is 15.9 Å². The van der Waals surface area contributed by atoms with Gasteiger partial charge in [0.1, 0.15) is 0 Å². The van der Waals surface area contributed by atoms with E-state index >= 15 is 0 Å². The van der Waals surface area contributed by atoms with Crippen molar-refractivity contribution in [2.24, 2.45) is 0 Å². The van der Waals surface area contributed by atoms with Gasteiger partial charge in [-0.05, 0) is 17.9 Å². The normalized spacial score (nSPS) is 11.1. The van der Waals surface area contributed by atoms with Crippen molar-refractivity contribution < 1.29 is 36.8 Å². The molecule has 0 atom stereocenters. The number of halogens is 4. The third-order valence-corrected chi connectivity index (χ3v) is 2.03. The van der Waals surface area contributed by atoms with Crippen LogP contribution in [-0.2, 0) is 16.0 Å². The zero-order chi connectivity index (χ0) is 16.2. The molecule has 21 heavy (non-hydrogen) atoms. The molecule has 1 rings (SSSR count). The lowest BCUT2D eigenvalue weighted by atomic mass is 10.2. The third kappa shape index (κ3) is 4.85. The van der Waals surface area contributed by atoms with Crippen molar-refractivity contribution in [3.05, 3.63) is 27.6 Å². The minimum Gasteiger partial charge on any atom is -0.466 e. The van der Waals surface area contributed by atoms with E-state index < -0.39 is 46.8 Å². The largest absolute Gasteiger partial charge is 0.575 e. The quantitative estimate of drug-likeness (QED) is 0.358. The first kappa shape index (κ1) is 16.6. The summed E-state index contributed by atoms with van der Waals surface area (Å²) in [6.07, 6.45) is -5.97. The molecule has 0 aliphatic heterocycles. The first-order valence-corrected chi connectivity index (χ1v) is 5.39. The summed E-state index contributed by atoms with van der Waals surface area (Å²) >= 11 is 0. The van der Waals surface area contributed by atoms with E-state index in [4.69, 9.17) is 0 Å². The number of pyridine rings is 1. The van der Waals surface area contributed by atoms with Crippen molar-refractivity contribution in [2.45, 2.75) is 19.7 Å². The fraction of sp³-hybridized carbons (Fsp3) is 0.400. The van der Waals surface area contributed by atoms with Gasteiger partial charge in [-0.2, -0.15) is 4.39 Å². The molecule has 0 aromatic carbocycles. The molecule has 1 aromatic heterocycles. The maximum absolute atomic E-state index is 13.4. The molecule has 0 N–H and O–H groups in total. The molecular formula is C10H8F4N2O5. The summed E-state index contributed by atoms with van der Waals surface area (Å²) in [5.41, 5.74) is -0.523. The van der Waals surface area contributed by atoms with Crippen LogP contribution >= 0.6 is 0 Å². The predicted octanol–water partition coefficient (Wildman–Crippen LogP) is 2.13. The number of esters is 1. The van der Waals surface area contributed by atoms with E-state index in [0.29, 0.717) is 6.07 Å². The number of aromatic nitrogens is 1. The van der Waals surface area contributed by atoms with Crippen molar-refractivity contribution in [3.63, 3.8) is 0 Å². The Kier molecular flexibility index (Phi) is 5.00. The van der Waals surface area contributed by atoms with Gasteiger partial charge in [-0.15, -0.1) is 13.2 Å². The number of alkyl halides is 3. The van der Waals surface area contributed by atoms with E-state index in [1.165, 1.54) is 6.92 Å². The lowest BCUT2D eigenvalue weighted by Gasteiger charge is -2.07. The Morgan fingerprint density at radius 2 is 2.10 bits per heavy atom. The molecule has 7 nitrogen and oxygen atoms in total. The van der Waals surface area contributed by atoms with Crippen molar-refractivity contribution in [1.29, 1.82) is 0 Å². The average Bonchev–Trinajstić information content (AvgIpc) is 2.30. The van der Waals surface area contributed by atoms with Gasteiger partial charge in [-0.3, -0.25) is 4.79 Å². The summed E-state index contributed by atoms with van der Waals surface area (Å²) < 4.78 is 57.1. The van der Waals surface area contributed by atoms with E-state index in [9.17, 15) is 32.5 Å². The van der Waals surface area contributed by atoms with E-state index in [1.807, 2.05) is 0 Å². The van der Waals surface area contributed by atoms with Gasteiger partial charge in [0.05, 0.1) is 18.6 Å². The van der Waals surface area contributed by atoms with Crippen LogP contribution in [0.15, 0.2) is 6.07 Å². The predicted molar refractivity (Wildman–Crippen MR) is 57.9 cm³/mol. The SMILES string of the molecule is CCOC(=O)Cc1cc(F)c(OC(F)(F)F)nc1[N+](=O)[O-]. The van der Waals surface area contributed by atoms with E-state index in [1.54, 1.807) is 0 Å². The Labute approximate surface area is 114 Å². The molecule has 0 saturated heterocycles. The zero-order valence-corrected chi connectivity index (χ0v) is 10.4. The van der Waals surface area contributed by atoms with Gasteiger partial charge in [0, 0.05) is 4.98 Å². The van der Waals surface area contributed by atoms with Gasteiger partial charge < -0.3 is 19.6 Å². The first-order valence-electron chi connectivity index (χ1n) is 5.39. The standard InChI is InChI=1S/C10H8F4N2O5/c1-2-20-7(17)4-5-3-6(11)9(21-10(12,13)14)15-8(5)16(18)19/h3H,2,4H2,1H3. The first-order chi connectivity index (χ1) is 9.64. The number of carbonyl (C=O) groups excluding carboxylic acids is 1. The molecule has 1 heterocycles. The molecule has 1 aromatic rings. The fourth-order valence-electron chi connectivity index (χ4n) is 1.34. The van der Waals surface area contributed by atoms with Crippen LogP contribution in [0.3, 0.4) is 0 Å². The lowest BCUT2D eigenvalue weighted by Crippen LogP contribution is -2.20. The number of carbonyl (C=O) groups is 1. The Balaban J connectivity index is 3.18. The molecule has 0 amide bonds. The molecular weight excluding hydrogens is 304 g/mol. The van der Waals surface area contributed by atoms with Crippen LogP contribution in [0.1, 0.15) is 12.5 Å². The van der Waals surface area contributed by atoms with Crippen LogP contribution < -0.4 is 4.74 Å². The van der Waals surface area contributed by atoms with Crippen LogP contribution in [0.25, 0.3) is 0 Å². The van der Waals surface area contributed by atoms with Crippen LogP contribution in [0.2, 0.25) is 0 Å². The lowest BCUT2D eigenvalue weighted by molar-refractivity contribution is -0.390. The van der Waals surface area contributed by atoms with E-state index in [-0.39, 0.29) is 6.61 Å². The molecule has 0 aliphatic rings. The third-order valence-electron chi connectivity index (χ3n) is 2.03. The second kappa shape index (κ2) is 6.33. The van der Waals surface area contributed by atoms with Gasteiger partial charge in [-0.25, -0.2) is 0 Å². The van der Waals surface area contributed by atoms with Crippen LogP contribution in [0.5, 0.6) is 5.88 Å². The summed E-state index contributed by atoms with van der Waals surface area (Å²) in [4.78, 5) is 23.6. The number of ether oxygens (including phenoxy) is 2. The van der Waals surface area contributed by atoms with Crippen LogP contribution in [-0.4, -0.2) is 28.8 Å². The van der Waals surface area contributed by atoms with Gasteiger partial charge in [-0.1, -0.05) is 0 Å². The second-order valence-corrected chi connectivity index (χ2v) is 3.54. The number of rotatable bonds is 5. The molecule has 0 unspecified atom stereocenters. The summed E-state index contributed by atoms with van der Waals surface area (Å²) in [6.45, 7) is 1.46. The highest BCUT2D eigenvalue weighted by atomic mass is 19.4. The maximum atomic E-state index is 13.4. The van der Waals surface area contributed by atoms with E-state index in [2.05, 4.69) is 14.5 Å². The number of nitro groups is 1. The van der Waals surface area contributed by atoms with Gasteiger partial charge in [0.2, 0.25) is 5.82 Å². The summed E-state index contributed by atoms with van der Waals surface area (Å²) in [7, 11) is 0. The van der Waals surface area contributed by atoms with Crippen molar-refractivity contribution in [1.82, 2.24) is 4.98 Å². The Hall–Kier alpha value is -2.46. The minimum absolute atomic E-state index is 0.0161. The Morgan fingerprint density at radius 1 is 1.48 bits per heavy atom. The molecule has 0 fully saturated rings. The highest BCUT2D eigenvalue weighted by Crippen LogP contribution is 2.28. The zero-order valence-electron chi connectivity index (χ0n) is 10.4.